The highest BCUT2D eigenvalue weighted by Gasteiger charge is 2.15. The third-order valence-electron chi connectivity index (χ3n) is 5.09. The third-order valence-corrected chi connectivity index (χ3v) is 5.09. The molecule has 1 N–H and O–H groups in total. The van der Waals surface area contributed by atoms with E-state index >= 15 is 0 Å². The Morgan fingerprint density at radius 2 is 1.70 bits per heavy atom. The molecule has 0 aliphatic carbocycles. The molecule has 0 saturated carbocycles. The number of nitrogens with one attached hydrogen (secondary N) is 1. The monoisotopic (exact) mass is 434 g/mol. The van der Waals surface area contributed by atoms with Crippen molar-refractivity contribution in [3.63, 3.8) is 0 Å². The van der Waals surface area contributed by atoms with Gasteiger partial charge in [-0.15, -0.1) is 0 Å². The molecule has 1 amide bonds. The summed E-state index contributed by atoms with van der Waals surface area (Å²) in [4.78, 5) is 12.7. The molecular weight excluding hydrogens is 412 g/mol. The lowest BCUT2D eigenvalue weighted by Crippen LogP contribution is -2.23. The standard InChI is InChI=1S/C27H22N4O2/c1-33-25-14-12-21(13-15-25)26-23(19-31(30-26)24-10-6-3-7-11-24)16-22(17-28)27(32)29-18-20-8-4-2-5-9-20/h2-16,19H,18H2,1H3,(H,29,32). The van der Waals surface area contributed by atoms with Gasteiger partial charge in [0, 0.05) is 23.9 Å². The maximum atomic E-state index is 12.7. The normalized spacial score (nSPS) is 11.0. The van der Waals surface area contributed by atoms with Crippen LogP contribution < -0.4 is 10.1 Å². The number of carbonyl (C=O) groups is 1. The lowest BCUT2D eigenvalue weighted by Gasteiger charge is -2.05. The van der Waals surface area contributed by atoms with E-state index in [-0.39, 0.29) is 5.57 Å². The van der Waals surface area contributed by atoms with Crippen molar-refractivity contribution in [1.29, 1.82) is 5.26 Å². The second-order valence-corrected chi connectivity index (χ2v) is 7.28. The first-order chi connectivity index (χ1) is 16.2. The number of methoxy groups -OCH3 is 1. The van der Waals surface area contributed by atoms with Crippen molar-refractivity contribution in [2.75, 3.05) is 7.11 Å². The predicted molar refractivity (Wildman–Crippen MR) is 127 cm³/mol. The molecule has 6 nitrogen and oxygen atoms in total. The highest BCUT2D eigenvalue weighted by atomic mass is 16.5. The van der Waals surface area contributed by atoms with Gasteiger partial charge in [-0.3, -0.25) is 4.79 Å². The Labute approximate surface area is 192 Å². The van der Waals surface area contributed by atoms with Crippen LogP contribution in [0.15, 0.2) is 96.7 Å². The Balaban J connectivity index is 1.69. The number of para-hydroxylation sites is 1. The van der Waals surface area contributed by atoms with Crippen LogP contribution in [-0.4, -0.2) is 22.8 Å². The van der Waals surface area contributed by atoms with E-state index in [1.165, 1.54) is 0 Å². The van der Waals surface area contributed by atoms with Gasteiger partial charge >= 0.3 is 0 Å². The van der Waals surface area contributed by atoms with E-state index in [1.807, 2.05) is 97.2 Å². The molecule has 162 valence electrons. The summed E-state index contributed by atoms with van der Waals surface area (Å²) in [6.07, 6.45) is 3.39. The summed E-state index contributed by atoms with van der Waals surface area (Å²) in [5.41, 5.74) is 4.01. The Kier molecular flexibility index (Phi) is 6.62. The van der Waals surface area contributed by atoms with E-state index in [2.05, 4.69) is 5.32 Å². The minimum Gasteiger partial charge on any atom is -0.497 e. The average molecular weight is 434 g/mol. The summed E-state index contributed by atoms with van der Waals surface area (Å²) in [5, 5.41) is 17.2. The highest BCUT2D eigenvalue weighted by molar-refractivity contribution is 6.02. The molecular formula is C27H22N4O2. The summed E-state index contributed by atoms with van der Waals surface area (Å²) in [7, 11) is 1.61. The van der Waals surface area contributed by atoms with Crippen molar-refractivity contribution in [2.45, 2.75) is 6.54 Å². The van der Waals surface area contributed by atoms with E-state index in [9.17, 15) is 10.1 Å². The molecule has 6 heteroatoms. The van der Waals surface area contributed by atoms with E-state index < -0.39 is 5.91 Å². The number of hydrogen-bond acceptors (Lipinski definition) is 4. The van der Waals surface area contributed by atoms with Crippen molar-refractivity contribution in [3.8, 4) is 28.8 Å². The van der Waals surface area contributed by atoms with Gasteiger partial charge in [0.05, 0.1) is 18.5 Å². The summed E-state index contributed by atoms with van der Waals surface area (Å²) in [6, 6.07) is 28.7. The average Bonchev–Trinajstić information content (AvgIpc) is 3.31. The Morgan fingerprint density at radius 1 is 1.03 bits per heavy atom. The molecule has 33 heavy (non-hydrogen) atoms. The van der Waals surface area contributed by atoms with Gasteiger partial charge in [-0.2, -0.15) is 10.4 Å². The van der Waals surface area contributed by atoms with E-state index in [1.54, 1.807) is 17.9 Å². The predicted octanol–water partition coefficient (Wildman–Crippen LogP) is 4.77. The van der Waals surface area contributed by atoms with E-state index in [0.717, 1.165) is 22.6 Å². The van der Waals surface area contributed by atoms with Gasteiger partial charge in [0.25, 0.3) is 5.91 Å². The maximum Gasteiger partial charge on any atom is 0.262 e. The quantitative estimate of drug-likeness (QED) is 0.336. The minimum absolute atomic E-state index is 0.00769. The molecule has 0 atom stereocenters. The first-order valence-electron chi connectivity index (χ1n) is 10.4. The largest absolute Gasteiger partial charge is 0.497 e. The Bertz CT molecular complexity index is 1300. The van der Waals surface area contributed by atoms with Gasteiger partial charge in [0.1, 0.15) is 17.4 Å². The SMILES string of the molecule is COc1ccc(-c2nn(-c3ccccc3)cc2C=C(C#N)C(=O)NCc2ccccc2)cc1. The molecule has 0 radical (unpaired) electrons. The second-order valence-electron chi connectivity index (χ2n) is 7.28. The van der Waals surface area contributed by atoms with E-state index in [4.69, 9.17) is 9.84 Å². The fourth-order valence-corrected chi connectivity index (χ4v) is 3.36. The fourth-order valence-electron chi connectivity index (χ4n) is 3.36. The fraction of sp³-hybridized carbons (Fsp3) is 0.0741. The molecule has 0 bridgehead atoms. The number of ether oxygens (including phenoxy) is 1. The zero-order chi connectivity index (χ0) is 23.0. The lowest BCUT2D eigenvalue weighted by atomic mass is 10.1. The molecule has 4 aromatic rings. The van der Waals surface area contributed by atoms with Crippen molar-refractivity contribution >= 4 is 12.0 Å². The number of benzene rings is 3. The topological polar surface area (TPSA) is 79.9 Å². The number of nitrogens with zero attached hydrogens (tertiary/aromatic N) is 3. The molecule has 1 heterocycles. The first-order valence-corrected chi connectivity index (χ1v) is 10.4. The number of carbonyl (C=O) groups excluding carboxylic acids is 1. The van der Waals surface area contributed by atoms with Crippen LogP contribution in [0.5, 0.6) is 5.75 Å². The molecule has 0 saturated heterocycles. The molecule has 4 rings (SSSR count). The molecule has 3 aromatic carbocycles. The first kappa shape index (κ1) is 21.6. The Morgan fingerprint density at radius 3 is 2.33 bits per heavy atom. The third kappa shape index (κ3) is 5.17. The minimum atomic E-state index is -0.436. The van der Waals surface area contributed by atoms with Crippen molar-refractivity contribution in [3.05, 3.63) is 108 Å². The highest BCUT2D eigenvalue weighted by Crippen LogP contribution is 2.27. The van der Waals surface area contributed by atoms with Gasteiger partial charge in [-0.25, -0.2) is 4.68 Å². The summed E-state index contributed by atoms with van der Waals surface area (Å²) in [6.45, 7) is 0.341. The molecule has 0 aliphatic rings. The van der Waals surface area contributed by atoms with Crippen LogP contribution in [-0.2, 0) is 11.3 Å². The number of amides is 1. The van der Waals surface area contributed by atoms with Crippen LogP contribution in [0.1, 0.15) is 11.1 Å². The van der Waals surface area contributed by atoms with E-state index in [0.29, 0.717) is 17.8 Å². The molecule has 0 unspecified atom stereocenters. The van der Waals surface area contributed by atoms with Crippen LogP contribution in [0.2, 0.25) is 0 Å². The van der Waals surface area contributed by atoms with Crippen molar-refractivity contribution in [1.82, 2.24) is 15.1 Å². The number of rotatable bonds is 7. The van der Waals surface area contributed by atoms with Crippen LogP contribution in [0.4, 0.5) is 0 Å². The molecule has 0 aliphatic heterocycles. The van der Waals surface area contributed by atoms with Gasteiger partial charge in [0.15, 0.2) is 0 Å². The van der Waals surface area contributed by atoms with Gasteiger partial charge < -0.3 is 10.1 Å². The van der Waals surface area contributed by atoms with Gasteiger partial charge in [0.2, 0.25) is 0 Å². The second kappa shape index (κ2) is 10.1. The summed E-state index contributed by atoms with van der Waals surface area (Å²) < 4.78 is 6.99. The number of hydrogen-bond donors (Lipinski definition) is 1. The van der Waals surface area contributed by atoms with Crippen LogP contribution in [0.3, 0.4) is 0 Å². The molecule has 0 fully saturated rings. The summed E-state index contributed by atoms with van der Waals surface area (Å²) >= 11 is 0. The molecule has 1 aromatic heterocycles. The van der Waals surface area contributed by atoms with Gasteiger partial charge in [-0.05, 0) is 48.0 Å². The molecule has 0 spiro atoms. The number of aromatic nitrogens is 2. The zero-order valence-corrected chi connectivity index (χ0v) is 18.1. The van der Waals surface area contributed by atoms with Crippen molar-refractivity contribution in [2.24, 2.45) is 0 Å². The smallest absolute Gasteiger partial charge is 0.262 e. The number of nitriles is 1. The van der Waals surface area contributed by atoms with Crippen LogP contribution >= 0.6 is 0 Å². The maximum absolute atomic E-state index is 12.7. The van der Waals surface area contributed by atoms with Crippen LogP contribution in [0, 0.1) is 11.3 Å². The Hall–Kier alpha value is -4.63. The lowest BCUT2D eigenvalue weighted by molar-refractivity contribution is -0.117. The summed E-state index contributed by atoms with van der Waals surface area (Å²) in [5.74, 6) is 0.297. The van der Waals surface area contributed by atoms with Crippen molar-refractivity contribution < 1.29 is 9.53 Å². The zero-order valence-electron chi connectivity index (χ0n) is 18.1. The van der Waals surface area contributed by atoms with Crippen LogP contribution in [0.25, 0.3) is 23.0 Å². The van der Waals surface area contributed by atoms with Gasteiger partial charge in [-0.1, -0.05) is 48.5 Å².